The van der Waals surface area contributed by atoms with Crippen LogP contribution in [0.1, 0.15) is 33.3 Å². The van der Waals surface area contributed by atoms with E-state index < -0.39 is 29.9 Å². The lowest BCUT2D eigenvalue weighted by atomic mass is 9.77. The number of rotatable bonds is 3. The second-order valence-corrected chi connectivity index (χ2v) is 6.77. The molecule has 3 N–H and O–H groups in total. The summed E-state index contributed by atoms with van der Waals surface area (Å²) in [5.41, 5.74) is 5.58. The quantitative estimate of drug-likeness (QED) is 0.837. The van der Waals surface area contributed by atoms with Gasteiger partial charge in [-0.2, -0.15) is 0 Å². The fourth-order valence-corrected chi connectivity index (χ4v) is 2.33. The number of phenolic OH excluding ortho intramolecular Hbond substituents is 1. The van der Waals surface area contributed by atoms with E-state index in [1.54, 1.807) is 6.08 Å². The molecule has 0 aliphatic carbocycles. The van der Waals surface area contributed by atoms with Crippen molar-refractivity contribution in [2.45, 2.75) is 38.9 Å². The van der Waals surface area contributed by atoms with Gasteiger partial charge < -0.3 is 20.1 Å². The molecule has 0 radical (unpaired) electrons. The van der Waals surface area contributed by atoms with Crippen LogP contribution in [0.3, 0.4) is 0 Å². The summed E-state index contributed by atoms with van der Waals surface area (Å²) in [5, 5.41) is 10.0. The van der Waals surface area contributed by atoms with Gasteiger partial charge in [0.25, 0.3) is 0 Å². The first kappa shape index (κ1) is 17.3. The Bertz CT molecular complexity index is 603. The van der Waals surface area contributed by atoms with E-state index in [1.165, 1.54) is 6.07 Å². The molecule has 120 valence electrons. The van der Waals surface area contributed by atoms with E-state index in [-0.39, 0.29) is 17.1 Å². The van der Waals surface area contributed by atoms with Crippen molar-refractivity contribution in [1.82, 2.24) is 0 Å². The standard InChI is InChI=1S/C15H20BClFNO3/c1-14(2)15(3,4)22-16(21-14)10(8-19)5-9-6-11(17)7-12(18)13(9)20/h5-7,20H,8,19H2,1-4H3. The van der Waals surface area contributed by atoms with Crippen LogP contribution in [0.15, 0.2) is 17.6 Å². The fraction of sp³-hybridized carbons (Fsp3) is 0.467. The van der Waals surface area contributed by atoms with Crippen molar-refractivity contribution in [3.63, 3.8) is 0 Å². The predicted molar refractivity (Wildman–Crippen MR) is 86.2 cm³/mol. The number of halogens is 2. The van der Waals surface area contributed by atoms with Crippen LogP contribution < -0.4 is 5.73 Å². The topological polar surface area (TPSA) is 64.7 Å². The molecule has 0 spiro atoms. The Hall–Kier alpha value is -1.08. The fourth-order valence-electron chi connectivity index (χ4n) is 2.11. The summed E-state index contributed by atoms with van der Waals surface area (Å²) in [6.07, 6.45) is 1.55. The first-order valence-corrected chi connectivity index (χ1v) is 7.39. The molecular weight excluding hydrogens is 307 g/mol. The molecule has 22 heavy (non-hydrogen) atoms. The number of nitrogens with two attached hydrogens (primary N) is 1. The average molecular weight is 328 g/mol. The van der Waals surface area contributed by atoms with E-state index in [0.717, 1.165) is 6.07 Å². The van der Waals surface area contributed by atoms with Crippen LogP contribution in [0.2, 0.25) is 5.02 Å². The minimum atomic E-state index is -0.788. The van der Waals surface area contributed by atoms with Gasteiger partial charge in [-0.1, -0.05) is 17.7 Å². The van der Waals surface area contributed by atoms with Crippen molar-refractivity contribution >= 4 is 24.8 Å². The predicted octanol–water partition coefficient (Wildman–Crippen LogP) is 3.16. The first-order chi connectivity index (χ1) is 10.1. The minimum absolute atomic E-state index is 0.143. The molecule has 1 saturated heterocycles. The van der Waals surface area contributed by atoms with Crippen molar-refractivity contribution < 1.29 is 18.8 Å². The monoisotopic (exact) mass is 327 g/mol. The molecule has 1 fully saturated rings. The highest BCUT2D eigenvalue weighted by molar-refractivity contribution is 6.56. The number of aromatic hydroxyl groups is 1. The summed E-state index contributed by atoms with van der Waals surface area (Å²) < 4.78 is 25.4. The number of phenols is 1. The van der Waals surface area contributed by atoms with Gasteiger partial charge in [-0.15, -0.1) is 0 Å². The molecule has 0 saturated carbocycles. The third-order valence-electron chi connectivity index (χ3n) is 4.19. The molecular formula is C15H20BClFNO3. The van der Waals surface area contributed by atoms with Gasteiger partial charge in [0.2, 0.25) is 0 Å². The number of hydrogen-bond acceptors (Lipinski definition) is 4. The smallest absolute Gasteiger partial charge is 0.491 e. The highest BCUT2D eigenvalue weighted by Crippen LogP contribution is 2.39. The van der Waals surface area contributed by atoms with Crippen molar-refractivity contribution in [3.05, 3.63) is 34.0 Å². The summed E-state index contributed by atoms with van der Waals surface area (Å²) >= 11 is 5.82. The van der Waals surface area contributed by atoms with E-state index in [0.29, 0.717) is 5.47 Å². The zero-order chi connectivity index (χ0) is 16.7. The number of benzene rings is 1. The van der Waals surface area contributed by atoms with Crippen molar-refractivity contribution in [2.75, 3.05) is 6.54 Å². The van der Waals surface area contributed by atoms with Gasteiger partial charge in [-0.25, -0.2) is 4.39 Å². The van der Waals surface area contributed by atoms with Gasteiger partial charge in [0, 0.05) is 17.1 Å². The van der Waals surface area contributed by atoms with Gasteiger partial charge >= 0.3 is 7.12 Å². The first-order valence-electron chi connectivity index (χ1n) is 7.01. The molecule has 4 nitrogen and oxygen atoms in total. The largest absolute Gasteiger partial charge is 0.504 e. The van der Waals surface area contributed by atoms with Crippen LogP contribution in [0, 0.1) is 5.82 Å². The lowest BCUT2D eigenvalue weighted by Gasteiger charge is -2.32. The molecule has 7 heteroatoms. The summed E-state index contributed by atoms with van der Waals surface area (Å²) in [4.78, 5) is 0. The van der Waals surface area contributed by atoms with E-state index in [9.17, 15) is 9.50 Å². The van der Waals surface area contributed by atoms with Gasteiger partial charge in [0.15, 0.2) is 11.6 Å². The molecule has 0 aromatic heterocycles. The van der Waals surface area contributed by atoms with Gasteiger partial charge in [0.1, 0.15) is 0 Å². The maximum absolute atomic E-state index is 13.6. The summed E-state index contributed by atoms with van der Waals surface area (Å²) in [5.74, 6) is -1.27. The Kier molecular flexibility index (Phi) is 4.60. The van der Waals surface area contributed by atoms with Crippen LogP contribution in [0.25, 0.3) is 6.08 Å². The molecule has 2 rings (SSSR count). The highest BCUT2D eigenvalue weighted by atomic mass is 35.5. The summed E-state index contributed by atoms with van der Waals surface area (Å²) in [7, 11) is -0.656. The van der Waals surface area contributed by atoms with E-state index in [2.05, 4.69) is 0 Å². The highest BCUT2D eigenvalue weighted by Gasteiger charge is 2.52. The van der Waals surface area contributed by atoms with Crippen LogP contribution >= 0.6 is 11.6 Å². The molecule has 1 aromatic carbocycles. The molecule has 0 atom stereocenters. The molecule has 1 aromatic rings. The number of hydrogen-bond donors (Lipinski definition) is 2. The third kappa shape index (κ3) is 3.15. The molecule has 1 aliphatic rings. The lowest BCUT2D eigenvalue weighted by molar-refractivity contribution is 0.00578. The molecule has 0 amide bonds. The third-order valence-corrected chi connectivity index (χ3v) is 4.41. The van der Waals surface area contributed by atoms with Gasteiger partial charge in [0.05, 0.1) is 11.2 Å². The maximum atomic E-state index is 13.6. The molecule has 1 heterocycles. The van der Waals surface area contributed by atoms with Gasteiger partial charge in [-0.05, 0) is 45.3 Å². The Morgan fingerprint density at radius 1 is 1.32 bits per heavy atom. The molecule has 0 unspecified atom stereocenters. The van der Waals surface area contributed by atoms with Crippen molar-refractivity contribution in [1.29, 1.82) is 0 Å². The van der Waals surface area contributed by atoms with E-state index in [4.69, 9.17) is 26.6 Å². The zero-order valence-corrected chi connectivity index (χ0v) is 13.9. The van der Waals surface area contributed by atoms with Crippen LogP contribution in [0.5, 0.6) is 5.75 Å². The second-order valence-electron chi connectivity index (χ2n) is 6.34. The molecule has 0 bridgehead atoms. The lowest BCUT2D eigenvalue weighted by Crippen LogP contribution is -2.41. The average Bonchev–Trinajstić information content (AvgIpc) is 2.60. The van der Waals surface area contributed by atoms with Crippen molar-refractivity contribution in [3.8, 4) is 5.75 Å². The Morgan fingerprint density at radius 3 is 2.36 bits per heavy atom. The SMILES string of the molecule is CC1(C)OB(C(=Cc2cc(Cl)cc(F)c2O)CN)OC1(C)C. The normalized spacial score (nSPS) is 20.5. The minimum Gasteiger partial charge on any atom is -0.504 e. The van der Waals surface area contributed by atoms with Gasteiger partial charge in [-0.3, -0.25) is 0 Å². The second kappa shape index (κ2) is 5.85. The van der Waals surface area contributed by atoms with Crippen molar-refractivity contribution in [2.24, 2.45) is 5.73 Å². The molecule has 1 aliphatic heterocycles. The van der Waals surface area contributed by atoms with Crippen LogP contribution in [-0.2, 0) is 9.31 Å². The van der Waals surface area contributed by atoms with E-state index in [1.807, 2.05) is 27.7 Å². The van der Waals surface area contributed by atoms with Crippen LogP contribution in [0.4, 0.5) is 4.39 Å². The zero-order valence-electron chi connectivity index (χ0n) is 13.1. The van der Waals surface area contributed by atoms with E-state index >= 15 is 0 Å². The Balaban J connectivity index is 2.38. The summed E-state index contributed by atoms with van der Waals surface area (Å²) in [6, 6.07) is 2.51. The maximum Gasteiger partial charge on any atom is 0.491 e. The summed E-state index contributed by atoms with van der Waals surface area (Å²) in [6.45, 7) is 7.86. The Morgan fingerprint density at radius 2 is 1.86 bits per heavy atom. The Labute approximate surface area is 135 Å². The van der Waals surface area contributed by atoms with Crippen LogP contribution in [-0.4, -0.2) is 30.0 Å².